The van der Waals surface area contributed by atoms with Crippen molar-refractivity contribution in [2.24, 2.45) is 0 Å². The van der Waals surface area contributed by atoms with Crippen molar-refractivity contribution in [2.45, 2.75) is 51.2 Å². The average Bonchev–Trinajstić information content (AvgIpc) is 2.83. The summed E-state index contributed by atoms with van der Waals surface area (Å²) in [6.07, 6.45) is 2.89. The number of rotatable bonds is 8. The first kappa shape index (κ1) is 24.0. The number of hydrogen-bond acceptors (Lipinski definition) is 9. The van der Waals surface area contributed by atoms with Gasteiger partial charge in [0.2, 0.25) is 0 Å². The van der Waals surface area contributed by atoms with Gasteiger partial charge in [-0.15, -0.1) is 5.48 Å². The summed E-state index contributed by atoms with van der Waals surface area (Å²) in [4.78, 5) is 33.2. The molecular formula is C24H27N3O6. The number of carbonyl (C=O) groups excluding carboxylic acids is 2. The van der Waals surface area contributed by atoms with E-state index >= 15 is 0 Å². The van der Waals surface area contributed by atoms with Gasteiger partial charge in [-0.05, 0) is 56.0 Å². The monoisotopic (exact) mass is 453 g/mol. The average molecular weight is 453 g/mol. The van der Waals surface area contributed by atoms with Crippen molar-refractivity contribution in [3.63, 3.8) is 0 Å². The normalized spacial score (nSPS) is 19.8. The summed E-state index contributed by atoms with van der Waals surface area (Å²) >= 11 is 0. The lowest BCUT2D eigenvalue weighted by atomic mass is 9.79. The van der Waals surface area contributed by atoms with Crippen LogP contribution in [-0.2, 0) is 14.4 Å². The van der Waals surface area contributed by atoms with Crippen molar-refractivity contribution < 1.29 is 28.6 Å². The molecule has 1 saturated carbocycles. The SMILES string of the molecule is CCOc1cc([C@H]2C[C@H](OC(C)=O)CC[C@H]2NOC(=O)c2ccc(C#N)nc2)ccc1OC. The molecule has 1 aromatic carbocycles. The van der Waals surface area contributed by atoms with Crippen LogP contribution in [-0.4, -0.2) is 42.8 Å². The van der Waals surface area contributed by atoms with E-state index in [1.807, 2.05) is 31.2 Å². The van der Waals surface area contributed by atoms with Crippen LogP contribution in [0.15, 0.2) is 36.5 Å². The minimum Gasteiger partial charge on any atom is -0.493 e. The lowest BCUT2D eigenvalue weighted by molar-refractivity contribution is -0.148. The van der Waals surface area contributed by atoms with E-state index in [-0.39, 0.29) is 35.3 Å². The van der Waals surface area contributed by atoms with Crippen molar-refractivity contribution in [2.75, 3.05) is 13.7 Å². The molecule has 174 valence electrons. The fraction of sp³-hybridized carbons (Fsp3) is 0.417. The van der Waals surface area contributed by atoms with E-state index in [1.165, 1.54) is 25.3 Å². The number of carbonyl (C=O) groups is 2. The number of hydrogen-bond donors (Lipinski definition) is 1. The van der Waals surface area contributed by atoms with Gasteiger partial charge in [-0.3, -0.25) is 4.79 Å². The topological polar surface area (TPSA) is 120 Å². The molecule has 2 aromatic rings. The molecule has 9 nitrogen and oxygen atoms in total. The second-order valence-electron chi connectivity index (χ2n) is 7.65. The number of nitrogens with one attached hydrogen (secondary N) is 1. The van der Waals surface area contributed by atoms with Crippen LogP contribution < -0.4 is 15.0 Å². The second-order valence-corrected chi connectivity index (χ2v) is 7.65. The van der Waals surface area contributed by atoms with Gasteiger partial charge in [0.1, 0.15) is 17.9 Å². The molecule has 0 radical (unpaired) electrons. The molecular weight excluding hydrogens is 426 g/mol. The Balaban J connectivity index is 1.78. The zero-order valence-electron chi connectivity index (χ0n) is 18.9. The van der Waals surface area contributed by atoms with Crippen LogP contribution in [0.4, 0.5) is 0 Å². The van der Waals surface area contributed by atoms with Crippen LogP contribution in [0.25, 0.3) is 0 Å². The van der Waals surface area contributed by atoms with E-state index in [0.717, 1.165) is 5.56 Å². The number of pyridine rings is 1. The highest BCUT2D eigenvalue weighted by Gasteiger charge is 2.34. The maximum absolute atomic E-state index is 12.4. The summed E-state index contributed by atoms with van der Waals surface area (Å²) in [7, 11) is 1.58. The Kier molecular flexibility index (Phi) is 8.22. The van der Waals surface area contributed by atoms with Crippen LogP contribution in [0, 0.1) is 11.3 Å². The van der Waals surface area contributed by atoms with Gasteiger partial charge in [0, 0.05) is 19.0 Å². The Morgan fingerprint density at radius 2 is 2.03 bits per heavy atom. The first-order chi connectivity index (χ1) is 15.9. The molecule has 33 heavy (non-hydrogen) atoms. The molecule has 1 N–H and O–H groups in total. The number of ether oxygens (including phenoxy) is 3. The standard InChI is InChI=1S/C24H27N3O6/c1-4-31-23-11-16(6-10-22(23)30-3)20-12-19(32-15(2)28)8-9-21(20)27-33-24(29)17-5-7-18(13-25)26-14-17/h5-7,10-11,14,19-21,27H,4,8-9,12H2,1-3H3/t19-,20-,21-/m1/s1. The predicted octanol–water partition coefficient (Wildman–Crippen LogP) is 3.29. The molecule has 1 aromatic heterocycles. The van der Waals surface area contributed by atoms with Gasteiger partial charge >= 0.3 is 11.9 Å². The highest BCUT2D eigenvalue weighted by molar-refractivity contribution is 5.88. The molecule has 3 rings (SSSR count). The van der Waals surface area contributed by atoms with Crippen LogP contribution in [0.3, 0.4) is 0 Å². The van der Waals surface area contributed by atoms with E-state index in [9.17, 15) is 9.59 Å². The summed E-state index contributed by atoms with van der Waals surface area (Å²) in [5, 5.41) is 8.85. The Morgan fingerprint density at radius 3 is 2.67 bits per heavy atom. The maximum atomic E-state index is 12.4. The van der Waals surface area contributed by atoms with Crippen molar-refractivity contribution in [3.05, 3.63) is 53.3 Å². The lowest BCUT2D eigenvalue weighted by Crippen LogP contribution is -2.42. The van der Waals surface area contributed by atoms with Gasteiger partial charge in [0.05, 0.1) is 25.3 Å². The minimum absolute atomic E-state index is 0.111. The largest absolute Gasteiger partial charge is 0.493 e. The highest BCUT2D eigenvalue weighted by atomic mass is 16.7. The summed E-state index contributed by atoms with van der Waals surface area (Å²) < 4.78 is 16.6. The first-order valence-electron chi connectivity index (χ1n) is 10.8. The zero-order chi connectivity index (χ0) is 23.8. The van der Waals surface area contributed by atoms with Crippen LogP contribution >= 0.6 is 0 Å². The number of methoxy groups -OCH3 is 1. The predicted molar refractivity (Wildman–Crippen MR) is 118 cm³/mol. The summed E-state index contributed by atoms with van der Waals surface area (Å²) in [5.41, 5.74) is 4.29. The Morgan fingerprint density at radius 1 is 1.21 bits per heavy atom. The fourth-order valence-corrected chi connectivity index (χ4v) is 3.94. The third-order valence-electron chi connectivity index (χ3n) is 5.47. The van der Waals surface area contributed by atoms with Gasteiger partial charge in [-0.25, -0.2) is 9.78 Å². The van der Waals surface area contributed by atoms with Crippen LogP contribution in [0.2, 0.25) is 0 Å². The molecule has 1 heterocycles. The molecule has 0 amide bonds. The first-order valence-corrected chi connectivity index (χ1v) is 10.8. The quantitative estimate of drug-likeness (QED) is 0.474. The maximum Gasteiger partial charge on any atom is 0.358 e. The Hall–Kier alpha value is -3.64. The Bertz CT molecular complexity index is 1020. The molecule has 9 heteroatoms. The summed E-state index contributed by atoms with van der Waals surface area (Å²) in [6, 6.07) is 10.3. The molecule has 0 bridgehead atoms. The number of esters is 1. The van der Waals surface area contributed by atoms with Crippen molar-refractivity contribution >= 4 is 11.9 Å². The van der Waals surface area contributed by atoms with Gasteiger partial charge in [0.25, 0.3) is 0 Å². The number of hydroxylamine groups is 1. The summed E-state index contributed by atoms with van der Waals surface area (Å²) in [5.74, 6) is 0.205. The lowest BCUT2D eigenvalue weighted by Gasteiger charge is -2.36. The van der Waals surface area contributed by atoms with E-state index in [4.69, 9.17) is 24.3 Å². The van der Waals surface area contributed by atoms with Crippen molar-refractivity contribution in [3.8, 4) is 17.6 Å². The van der Waals surface area contributed by atoms with E-state index in [2.05, 4.69) is 10.5 Å². The van der Waals surface area contributed by atoms with Gasteiger partial charge in [0.15, 0.2) is 11.5 Å². The number of nitriles is 1. The van der Waals surface area contributed by atoms with E-state index < -0.39 is 5.97 Å². The van der Waals surface area contributed by atoms with Crippen LogP contribution in [0.5, 0.6) is 11.5 Å². The molecule has 1 fully saturated rings. The zero-order valence-corrected chi connectivity index (χ0v) is 18.9. The van der Waals surface area contributed by atoms with Crippen LogP contribution in [0.1, 0.15) is 60.6 Å². The van der Waals surface area contributed by atoms with Gasteiger partial charge in [-0.1, -0.05) is 6.07 Å². The molecule has 1 aliphatic rings. The van der Waals surface area contributed by atoms with Crippen molar-refractivity contribution in [1.82, 2.24) is 10.5 Å². The Labute approximate surface area is 192 Å². The number of aromatic nitrogens is 1. The molecule has 0 spiro atoms. The smallest absolute Gasteiger partial charge is 0.358 e. The third kappa shape index (κ3) is 6.20. The minimum atomic E-state index is -0.599. The summed E-state index contributed by atoms with van der Waals surface area (Å²) in [6.45, 7) is 3.77. The van der Waals surface area contributed by atoms with Gasteiger partial charge in [-0.2, -0.15) is 5.26 Å². The number of nitrogens with zero attached hydrogens (tertiary/aromatic N) is 2. The molecule has 0 saturated heterocycles. The van der Waals surface area contributed by atoms with E-state index in [0.29, 0.717) is 37.4 Å². The van der Waals surface area contributed by atoms with Crippen molar-refractivity contribution in [1.29, 1.82) is 5.26 Å². The molecule has 3 atom stereocenters. The molecule has 0 aliphatic heterocycles. The third-order valence-corrected chi connectivity index (χ3v) is 5.47. The van der Waals surface area contributed by atoms with E-state index in [1.54, 1.807) is 7.11 Å². The van der Waals surface area contributed by atoms with Gasteiger partial charge < -0.3 is 19.0 Å². The number of benzene rings is 1. The molecule has 1 aliphatic carbocycles. The highest BCUT2D eigenvalue weighted by Crippen LogP contribution is 2.38. The molecule has 0 unspecified atom stereocenters. The second kappa shape index (κ2) is 11.3. The fourth-order valence-electron chi connectivity index (χ4n) is 3.94.